The average Bonchev–Trinajstić information content (AvgIpc) is 3.18. The molecular formula is C21H26N2O3S. The topological polar surface area (TPSA) is 60.5 Å². The van der Waals surface area contributed by atoms with Crippen LogP contribution in [0.3, 0.4) is 0 Å². The van der Waals surface area contributed by atoms with Crippen molar-refractivity contribution in [2.75, 3.05) is 18.5 Å². The Bertz CT molecular complexity index is 776. The fourth-order valence-corrected chi connectivity index (χ4v) is 4.45. The van der Waals surface area contributed by atoms with Gasteiger partial charge in [0.1, 0.15) is 16.5 Å². The first-order valence-corrected chi connectivity index (χ1v) is 10.4. The molecule has 1 N–H and O–H groups in total. The van der Waals surface area contributed by atoms with Gasteiger partial charge in [-0.1, -0.05) is 12.8 Å². The van der Waals surface area contributed by atoms with Gasteiger partial charge >= 0.3 is 0 Å². The number of hydrogen-bond donors (Lipinski definition) is 1. The lowest BCUT2D eigenvalue weighted by Crippen LogP contribution is -2.15. The monoisotopic (exact) mass is 386 g/mol. The number of anilines is 1. The van der Waals surface area contributed by atoms with Crippen LogP contribution in [-0.4, -0.2) is 29.4 Å². The third-order valence-corrected chi connectivity index (χ3v) is 5.76. The van der Waals surface area contributed by atoms with E-state index in [1.165, 1.54) is 25.7 Å². The van der Waals surface area contributed by atoms with Crippen LogP contribution in [0.15, 0.2) is 41.6 Å². The number of carbonyl (C=O) groups is 1. The number of hydrogen-bond acceptors (Lipinski definition) is 5. The smallest absolute Gasteiger partial charge is 0.258 e. The molecule has 1 aliphatic rings. The van der Waals surface area contributed by atoms with Gasteiger partial charge in [0.25, 0.3) is 5.91 Å². The quantitative estimate of drug-likeness (QED) is 0.678. The fraction of sp³-hybridized carbons (Fsp3) is 0.429. The number of thioether (sulfide) groups is 1. The number of nitrogens with one attached hydrogen (secondary N) is 1. The highest BCUT2D eigenvalue weighted by Crippen LogP contribution is 2.36. The van der Waals surface area contributed by atoms with Gasteiger partial charge in [0.15, 0.2) is 0 Å². The van der Waals surface area contributed by atoms with E-state index in [0.29, 0.717) is 41.2 Å². The standard InChI is InChI=1S/C21H26N2O3S/c1-3-25-15-11-12-19(26-4-2)18(14-15)23-20(24)17-10-7-13-22-21(17)27-16-8-5-6-9-16/h7,10-14,16H,3-6,8-9H2,1-2H3,(H,23,24). The number of amides is 1. The number of rotatable bonds is 8. The second-order valence-electron chi connectivity index (χ2n) is 6.36. The maximum absolute atomic E-state index is 13.0. The van der Waals surface area contributed by atoms with Crippen LogP contribution in [-0.2, 0) is 0 Å². The average molecular weight is 387 g/mol. The highest BCUT2D eigenvalue weighted by atomic mass is 32.2. The Morgan fingerprint density at radius 2 is 1.96 bits per heavy atom. The first kappa shape index (κ1) is 19.5. The van der Waals surface area contributed by atoms with Crippen molar-refractivity contribution in [2.24, 2.45) is 0 Å². The number of nitrogens with zero attached hydrogens (tertiary/aromatic N) is 1. The maximum atomic E-state index is 13.0. The molecule has 1 fully saturated rings. The van der Waals surface area contributed by atoms with Crippen molar-refractivity contribution < 1.29 is 14.3 Å². The van der Waals surface area contributed by atoms with E-state index in [2.05, 4.69) is 10.3 Å². The molecule has 1 saturated carbocycles. The second-order valence-corrected chi connectivity index (χ2v) is 7.65. The van der Waals surface area contributed by atoms with Gasteiger partial charge in [-0.25, -0.2) is 4.98 Å². The Labute approximate surface area is 164 Å². The summed E-state index contributed by atoms with van der Waals surface area (Å²) < 4.78 is 11.2. The molecule has 27 heavy (non-hydrogen) atoms. The summed E-state index contributed by atoms with van der Waals surface area (Å²) >= 11 is 1.71. The Morgan fingerprint density at radius 1 is 1.19 bits per heavy atom. The van der Waals surface area contributed by atoms with Gasteiger partial charge in [0.05, 0.1) is 24.5 Å². The molecule has 0 saturated heterocycles. The van der Waals surface area contributed by atoms with E-state index in [0.717, 1.165) is 5.03 Å². The molecule has 0 bridgehead atoms. The minimum atomic E-state index is -0.182. The molecule has 3 rings (SSSR count). The lowest BCUT2D eigenvalue weighted by Gasteiger charge is -2.15. The van der Waals surface area contributed by atoms with Crippen LogP contribution in [0.2, 0.25) is 0 Å². The van der Waals surface area contributed by atoms with Gasteiger partial charge in [-0.15, -0.1) is 11.8 Å². The van der Waals surface area contributed by atoms with Gasteiger partial charge in [-0.2, -0.15) is 0 Å². The molecule has 1 aromatic heterocycles. The Balaban J connectivity index is 1.81. The van der Waals surface area contributed by atoms with E-state index >= 15 is 0 Å². The Hall–Kier alpha value is -2.21. The number of carbonyl (C=O) groups excluding carboxylic acids is 1. The number of benzene rings is 1. The zero-order valence-electron chi connectivity index (χ0n) is 15.9. The summed E-state index contributed by atoms with van der Waals surface area (Å²) in [6, 6.07) is 9.09. The molecule has 0 unspecified atom stereocenters. The molecule has 0 spiro atoms. The van der Waals surface area contributed by atoms with E-state index in [1.54, 1.807) is 30.1 Å². The van der Waals surface area contributed by atoms with Gasteiger partial charge in [0, 0.05) is 17.5 Å². The normalized spacial score (nSPS) is 14.1. The van der Waals surface area contributed by atoms with Crippen molar-refractivity contribution in [3.8, 4) is 11.5 Å². The third-order valence-electron chi connectivity index (χ3n) is 4.41. The minimum absolute atomic E-state index is 0.182. The zero-order chi connectivity index (χ0) is 19.1. The van der Waals surface area contributed by atoms with Crippen molar-refractivity contribution in [2.45, 2.75) is 49.8 Å². The largest absolute Gasteiger partial charge is 0.494 e. The van der Waals surface area contributed by atoms with Crippen molar-refractivity contribution in [1.82, 2.24) is 4.98 Å². The molecule has 2 aromatic rings. The molecule has 0 atom stereocenters. The van der Waals surface area contributed by atoms with Crippen LogP contribution in [0, 0.1) is 0 Å². The van der Waals surface area contributed by atoms with Crippen LogP contribution in [0.4, 0.5) is 5.69 Å². The Kier molecular flexibility index (Phi) is 6.98. The maximum Gasteiger partial charge on any atom is 0.258 e. The highest BCUT2D eigenvalue weighted by Gasteiger charge is 2.21. The predicted molar refractivity (Wildman–Crippen MR) is 109 cm³/mol. The van der Waals surface area contributed by atoms with E-state index < -0.39 is 0 Å². The van der Waals surface area contributed by atoms with Gasteiger partial charge in [0.2, 0.25) is 0 Å². The summed E-state index contributed by atoms with van der Waals surface area (Å²) in [5.74, 6) is 1.14. The van der Waals surface area contributed by atoms with Gasteiger partial charge in [-0.3, -0.25) is 4.79 Å². The van der Waals surface area contributed by atoms with E-state index in [9.17, 15) is 4.79 Å². The summed E-state index contributed by atoms with van der Waals surface area (Å²) in [4.78, 5) is 17.4. The molecule has 5 nitrogen and oxygen atoms in total. The highest BCUT2D eigenvalue weighted by molar-refractivity contribution is 7.99. The lowest BCUT2D eigenvalue weighted by molar-refractivity contribution is 0.102. The molecule has 1 aliphatic carbocycles. The SMILES string of the molecule is CCOc1ccc(OCC)c(NC(=O)c2cccnc2SC2CCCC2)c1. The third kappa shape index (κ3) is 5.16. The molecular weight excluding hydrogens is 360 g/mol. The molecule has 1 heterocycles. The minimum Gasteiger partial charge on any atom is -0.494 e. The molecule has 1 aromatic carbocycles. The van der Waals surface area contributed by atoms with Crippen molar-refractivity contribution in [3.05, 3.63) is 42.1 Å². The lowest BCUT2D eigenvalue weighted by atomic mass is 10.2. The molecule has 1 amide bonds. The first-order chi connectivity index (χ1) is 13.2. The van der Waals surface area contributed by atoms with E-state index in [1.807, 2.05) is 32.0 Å². The number of aromatic nitrogens is 1. The molecule has 6 heteroatoms. The predicted octanol–water partition coefficient (Wildman–Crippen LogP) is 5.17. The molecule has 0 aliphatic heterocycles. The van der Waals surface area contributed by atoms with Crippen LogP contribution in [0.25, 0.3) is 0 Å². The van der Waals surface area contributed by atoms with Gasteiger partial charge < -0.3 is 14.8 Å². The van der Waals surface area contributed by atoms with Crippen molar-refractivity contribution in [1.29, 1.82) is 0 Å². The second kappa shape index (κ2) is 9.65. The summed E-state index contributed by atoms with van der Waals surface area (Å²) in [6.07, 6.45) is 6.64. The Morgan fingerprint density at radius 3 is 2.70 bits per heavy atom. The van der Waals surface area contributed by atoms with E-state index in [4.69, 9.17) is 9.47 Å². The summed E-state index contributed by atoms with van der Waals surface area (Å²) in [5.41, 5.74) is 1.20. The molecule has 144 valence electrons. The van der Waals surface area contributed by atoms with Crippen LogP contribution >= 0.6 is 11.8 Å². The fourth-order valence-electron chi connectivity index (χ4n) is 3.16. The summed E-state index contributed by atoms with van der Waals surface area (Å²) in [7, 11) is 0. The zero-order valence-corrected chi connectivity index (χ0v) is 16.7. The van der Waals surface area contributed by atoms with Gasteiger partial charge in [-0.05, 0) is 51.0 Å². The van der Waals surface area contributed by atoms with Crippen molar-refractivity contribution >= 4 is 23.4 Å². The van der Waals surface area contributed by atoms with Crippen LogP contribution in [0.5, 0.6) is 11.5 Å². The van der Waals surface area contributed by atoms with Crippen LogP contribution in [0.1, 0.15) is 49.9 Å². The van der Waals surface area contributed by atoms with Crippen LogP contribution < -0.4 is 14.8 Å². The molecule has 0 radical (unpaired) electrons. The summed E-state index contributed by atoms with van der Waals surface area (Å²) in [5, 5.41) is 4.32. The first-order valence-electron chi connectivity index (χ1n) is 9.54. The number of pyridine rings is 1. The van der Waals surface area contributed by atoms with Crippen molar-refractivity contribution in [3.63, 3.8) is 0 Å². The van der Waals surface area contributed by atoms with E-state index in [-0.39, 0.29) is 5.91 Å². The summed E-state index contributed by atoms with van der Waals surface area (Å²) in [6.45, 7) is 4.93. The number of ether oxygens (including phenoxy) is 2.